The molecule has 0 saturated carbocycles. The first kappa shape index (κ1) is 23.8. The molecule has 0 unspecified atom stereocenters. The molecule has 0 spiro atoms. The van der Waals surface area contributed by atoms with Gasteiger partial charge in [-0.3, -0.25) is 19.0 Å². The van der Waals surface area contributed by atoms with Crippen LogP contribution in [0.3, 0.4) is 0 Å². The zero-order valence-electron chi connectivity index (χ0n) is 19.0. The van der Waals surface area contributed by atoms with E-state index in [9.17, 15) is 14.4 Å². The van der Waals surface area contributed by atoms with E-state index in [2.05, 4.69) is 15.6 Å². The Bertz CT molecular complexity index is 1210. The summed E-state index contributed by atoms with van der Waals surface area (Å²) in [5.74, 6) is 0.619. The molecule has 1 aromatic heterocycles. The van der Waals surface area contributed by atoms with Gasteiger partial charge in [0.25, 0.3) is 5.56 Å². The summed E-state index contributed by atoms with van der Waals surface area (Å²) in [6, 6.07) is 12.5. The summed E-state index contributed by atoms with van der Waals surface area (Å²) in [5, 5.41) is 5.54. The van der Waals surface area contributed by atoms with Crippen molar-refractivity contribution >= 4 is 22.8 Å². The van der Waals surface area contributed by atoms with Crippen LogP contribution in [0.2, 0.25) is 0 Å². The first-order chi connectivity index (χ1) is 16.0. The summed E-state index contributed by atoms with van der Waals surface area (Å²) in [4.78, 5) is 42.1. The van der Waals surface area contributed by atoms with Gasteiger partial charge in [-0.2, -0.15) is 0 Å². The smallest absolute Gasteiger partial charge is 0.273 e. The predicted molar refractivity (Wildman–Crippen MR) is 124 cm³/mol. The molecule has 0 bridgehead atoms. The molecule has 0 atom stereocenters. The van der Waals surface area contributed by atoms with Crippen LogP contribution in [0.25, 0.3) is 11.0 Å². The summed E-state index contributed by atoms with van der Waals surface area (Å²) in [6.07, 6.45) is 0.342. The molecule has 1 heterocycles. The Morgan fingerprint density at radius 2 is 1.79 bits per heavy atom. The highest BCUT2D eigenvalue weighted by Gasteiger charge is 2.16. The lowest BCUT2D eigenvalue weighted by Crippen LogP contribution is -2.34. The van der Waals surface area contributed by atoms with Gasteiger partial charge in [0.1, 0.15) is 12.2 Å². The van der Waals surface area contributed by atoms with Crippen molar-refractivity contribution in [3.63, 3.8) is 0 Å². The standard InChI is InChI=1S/C24H28N4O5/c1-4-25-21(29)13-12-18-24(31)28(19-10-6-5-9-17(19)27-18)15-22(30)26-14-16-8-7-11-20(32-2)23(16)33-3/h5-11H,4,12-15H2,1-3H3,(H,25,29)(H,26,30). The van der Waals surface area contributed by atoms with Crippen LogP contribution in [0.1, 0.15) is 24.6 Å². The van der Waals surface area contributed by atoms with Crippen LogP contribution in [0.15, 0.2) is 47.3 Å². The molecule has 3 aromatic rings. The van der Waals surface area contributed by atoms with Crippen molar-refractivity contribution in [3.8, 4) is 11.5 Å². The summed E-state index contributed by atoms with van der Waals surface area (Å²) in [5.41, 5.74) is 1.76. The molecular weight excluding hydrogens is 424 g/mol. The highest BCUT2D eigenvalue weighted by atomic mass is 16.5. The van der Waals surface area contributed by atoms with E-state index in [0.717, 1.165) is 5.56 Å². The van der Waals surface area contributed by atoms with Gasteiger partial charge in [-0.05, 0) is 25.1 Å². The minimum absolute atomic E-state index is 0.149. The Kier molecular flexibility index (Phi) is 8.01. The van der Waals surface area contributed by atoms with Gasteiger partial charge >= 0.3 is 0 Å². The molecule has 2 amide bonds. The van der Waals surface area contributed by atoms with Gasteiger partial charge in [-0.1, -0.05) is 24.3 Å². The minimum atomic E-state index is -0.382. The average molecular weight is 453 g/mol. The van der Waals surface area contributed by atoms with E-state index < -0.39 is 0 Å². The molecule has 0 radical (unpaired) electrons. The van der Waals surface area contributed by atoms with Crippen LogP contribution in [-0.4, -0.2) is 42.1 Å². The molecule has 0 aliphatic heterocycles. The zero-order chi connectivity index (χ0) is 23.8. The number of carbonyl (C=O) groups excluding carboxylic acids is 2. The quantitative estimate of drug-likeness (QED) is 0.485. The minimum Gasteiger partial charge on any atom is -0.493 e. The van der Waals surface area contributed by atoms with Gasteiger partial charge in [-0.25, -0.2) is 4.98 Å². The number of aromatic nitrogens is 2. The van der Waals surface area contributed by atoms with Crippen molar-refractivity contribution in [1.29, 1.82) is 0 Å². The van der Waals surface area contributed by atoms with Crippen LogP contribution in [0.4, 0.5) is 0 Å². The Balaban J connectivity index is 1.81. The first-order valence-corrected chi connectivity index (χ1v) is 10.7. The van der Waals surface area contributed by atoms with Gasteiger partial charge in [0.15, 0.2) is 11.5 Å². The van der Waals surface area contributed by atoms with Crippen molar-refractivity contribution in [3.05, 3.63) is 64.1 Å². The predicted octanol–water partition coefficient (Wildman–Crippen LogP) is 1.80. The monoisotopic (exact) mass is 452 g/mol. The van der Waals surface area contributed by atoms with E-state index >= 15 is 0 Å². The Morgan fingerprint density at radius 1 is 1.00 bits per heavy atom. The third-order valence-corrected chi connectivity index (χ3v) is 5.14. The van der Waals surface area contributed by atoms with Crippen LogP contribution in [-0.2, 0) is 29.1 Å². The Hall–Kier alpha value is -3.88. The molecule has 9 nitrogen and oxygen atoms in total. The molecule has 2 aromatic carbocycles. The number of methoxy groups -OCH3 is 2. The van der Waals surface area contributed by atoms with E-state index in [0.29, 0.717) is 29.1 Å². The van der Waals surface area contributed by atoms with Crippen LogP contribution >= 0.6 is 0 Å². The number of hydrogen-bond donors (Lipinski definition) is 2. The number of benzene rings is 2. The van der Waals surface area contributed by atoms with Gasteiger partial charge in [0.05, 0.1) is 25.3 Å². The van der Waals surface area contributed by atoms with E-state index in [1.807, 2.05) is 25.1 Å². The highest BCUT2D eigenvalue weighted by molar-refractivity contribution is 5.80. The van der Waals surface area contributed by atoms with Crippen molar-refractivity contribution in [1.82, 2.24) is 20.2 Å². The summed E-state index contributed by atoms with van der Waals surface area (Å²) in [7, 11) is 3.08. The lowest BCUT2D eigenvalue weighted by Gasteiger charge is -2.15. The number of rotatable bonds is 10. The topological polar surface area (TPSA) is 112 Å². The highest BCUT2D eigenvalue weighted by Crippen LogP contribution is 2.30. The van der Waals surface area contributed by atoms with Gasteiger partial charge < -0.3 is 20.1 Å². The second-order valence-corrected chi connectivity index (χ2v) is 7.32. The number of nitrogens with zero attached hydrogens (tertiary/aromatic N) is 2. The Morgan fingerprint density at radius 3 is 2.52 bits per heavy atom. The molecule has 0 fully saturated rings. The molecule has 33 heavy (non-hydrogen) atoms. The number of para-hydroxylation sites is 3. The first-order valence-electron chi connectivity index (χ1n) is 10.7. The van der Waals surface area contributed by atoms with Gasteiger partial charge in [-0.15, -0.1) is 0 Å². The van der Waals surface area contributed by atoms with E-state index in [4.69, 9.17) is 9.47 Å². The van der Waals surface area contributed by atoms with Crippen molar-refractivity contribution in [2.24, 2.45) is 0 Å². The fourth-order valence-electron chi connectivity index (χ4n) is 3.57. The molecule has 0 aliphatic rings. The molecular formula is C24H28N4O5. The summed E-state index contributed by atoms with van der Waals surface area (Å²) < 4.78 is 12.1. The van der Waals surface area contributed by atoms with Gasteiger partial charge in [0, 0.05) is 31.5 Å². The summed E-state index contributed by atoms with van der Waals surface area (Å²) >= 11 is 0. The number of aryl methyl sites for hydroxylation is 1. The zero-order valence-corrected chi connectivity index (χ0v) is 19.0. The van der Waals surface area contributed by atoms with Gasteiger partial charge in [0.2, 0.25) is 11.8 Å². The maximum Gasteiger partial charge on any atom is 0.273 e. The summed E-state index contributed by atoms with van der Waals surface area (Å²) in [6.45, 7) is 2.38. The number of fused-ring (bicyclic) bond motifs is 1. The Labute approximate surface area is 191 Å². The van der Waals surface area contributed by atoms with Crippen molar-refractivity contribution < 1.29 is 19.1 Å². The fourth-order valence-corrected chi connectivity index (χ4v) is 3.57. The SMILES string of the molecule is CCNC(=O)CCc1nc2ccccc2n(CC(=O)NCc2cccc(OC)c2OC)c1=O. The second kappa shape index (κ2) is 11.1. The van der Waals surface area contributed by atoms with Crippen LogP contribution in [0, 0.1) is 0 Å². The fraction of sp³-hybridized carbons (Fsp3) is 0.333. The normalized spacial score (nSPS) is 10.6. The maximum absolute atomic E-state index is 13.1. The number of hydrogen-bond acceptors (Lipinski definition) is 6. The van der Waals surface area contributed by atoms with E-state index in [1.165, 1.54) is 11.7 Å². The molecule has 3 rings (SSSR count). The second-order valence-electron chi connectivity index (χ2n) is 7.32. The van der Waals surface area contributed by atoms with E-state index in [-0.39, 0.29) is 49.0 Å². The third kappa shape index (κ3) is 5.68. The lowest BCUT2D eigenvalue weighted by atomic mass is 10.2. The van der Waals surface area contributed by atoms with Crippen LogP contribution in [0.5, 0.6) is 11.5 Å². The van der Waals surface area contributed by atoms with Crippen molar-refractivity contribution in [2.75, 3.05) is 20.8 Å². The van der Waals surface area contributed by atoms with Crippen molar-refractivity contribution in [2.45, 2.75) is 32.9 Å². The molecule has 2 N–H and O–H groups in total. The maximum atomic E-state index is 13.1. The number of ether oxygens (including phenoxy) is 2. The molecule has 9 heteroatoms. The largest absolute Gasteiger partial charge is 0.493 e. The lowest BCUT2D eigenvalue weighted by molar-refractivity contribution is -0.122. The number of nitrogens with one attached hydrogen (secondary N) is 2. The average Bonchev–Trinajstić information content (AvgIpc) is 2.83. The number of carbonyl (C=O) groups is 2. The molecule has 174 valence electrons. The van der Waals surface area contributed by atoms with E-state index in [1.54, 1.807) is 31.4 Å². The number of amides is 2. The molecule has 0 aliphatic carbocycles. The third-order valence-electron chi connectivity index (χ3n) is 5.14. The van der Waals surface area contributed by atoms with Crippen LogP contribution < -0.4 is 25.7 Å². The molecule has 0 saturated heterocycles.